The van der Waals surface area contributed by atoms with Crippen LogP contribution in [0.1, 0.15) is 34.8 Å². The lowest BCUT2D eigenvalue weighted by Gasteiger charge is -2.17. The van der Waals surface area contributed by atoms with E-state index in [4.69, 9.17) is 4.74 Å². The van der Waals surface area contributed by atoms with Crippen molar-refractivity contribution < 1.29 is 32.2 Å². The van der Waals surface area contributed by atoms with Gasteiger partial charge in [0.1, 0.15) is 17.1 Å². The summed E-state index contributed by atoms with van der Waals surface area (Å²) in [6.07, 6.45) is -3.20. The van der Waals surface area contributed by atoms with Crippen LogP contribution < -0.4 is 20.7 Å². The van der Waals surface area contributed by atoms with Crippen LogP contribution in [0.15, 0.2) is 48.7 Å². The fraction of sp³-hybridized carbons (Fsp3) is 0.292. The first-order valence-electron chi connectivity index (χ1n) is 11.3. The molecular weight excluding hydrogens is 510 g/mol. The second-order valence-electron chi connectivity index (χ2n) is 8.01. The third-order valence-corrected chi connectivity index (χ3v) is 6.89. The Bertz CT molecular complexity index is 1290. The van der Waals surface area contributed by atoms with Crippen LogP contribution >= 0.6 is 8.03 Å². The molecule has 9 nitrogen and oxygen atoms in total. The Labute approximate surface area is 212 Å². The van der Waals surface area contributed by atoms with Gasteiger partial charge in [-0.05, 0) is 42.7 Å². The van der Waals surface area contributed by atoms with Gasteiger partial charge in [-0.15, -0.1) is 0 Å². The zero-order valence-electron chi connectivity index (χ0n) is 20.3. The van der Waals surface area contributed by atoms with Crippen LogP contribution in [0.2, 0.25) is 0 Å². The van der Waals surface area contributed by atoms with Crippen LogP contribution in [-0.2, 0) is 17.2 Å². The maximum atomic E-state index is 13.7. The van der Waals surface area contributed by atoms with Gasteiger partial charge in [0.2, 0.25) is 5.95 Å². The number of anilines is 4. The van der Waals surface area contributed by atoms with Gasteiger partial charge in [0.15, 0.2) is 8.03 Å². The van der Waals surface area contributed by atoms with E-state index >= 15 is 0 Å². The van der Waals surface area contributed by atoms with Gasteiger partial charge in [0.05, 0.1) is 24.0 Å². The van der Waals surface area contributed by atoms with Crippen molar-refractivity contribution in [3.63, 3.8) is 0 Å². The number of ether oxygens (including phenoxy) is 1. The summed E-state index contributed by atoms with van der Waals surface area (Å²) in [5.41, 5.74) is -0.0718. The number of nitrogens with zero attached hydrogens (tertiary/aromatic N) is 2. The third-order valence-electron chi connectivity index (χ3n) is 5.58. The second-order valence-corrected chi connectivity index (χ2v) is 9.50. The van der Waals surface area contributed by atoms with E-state index in [0.717, 1.165) is 5.56 Å². The zero-order valence-corrected chi connectivity index (χ0v) is 21.3. The third kappa shape index (κ3) is 6.99. The van der Waals surface area contributed by atoms with Crippen molar-refractivity contribution in [3.05, 3.63) is 65.4 Å². The average molecular weight is 537 g/mol. The Hall–Kier alpha value is -3.63. The minimum atomic E-state index is -4.76. The summed E-state index contributed by atoms with van der Waals surface area (Å²) >= 11 is 0. The molecule has 0 spiro atoms. The normalized spacial score (nSPS) is 12.9. The Morgan fingerprint density at radius 2 is 1.89 bits per heavy atom. The summed E-state index contributed by atoms with van der Waals surface area (Å²) in [5.74, 6) is -0.819. The first-order chi connectivity index (χ1) is 17.6. The molecule has 2 atom stereocenters. The van der Waals surface area contributed by atoms with Crippen LogP contribution in [0.5, 0.6) is 5.75 Å². The molecule has 3 aromatic rings. The molecule has 1 aromatic heterocycles. The van der Waals surface area contributed by atoms with E-state index in [-0.39, 0.29) is 22.9 Å². The molecule has 0 bridgehead atoms. The van der Waals surface area contributed by atoms with Crippen LogP contribution in [0, 0.1) is 0 Å². The maximum Gasteiger partial charge on any atom is 0.421 e. The standard InChI is InChI=1S/C24H27F3N5O4P/c1-4-15(37(34)35)11-14-9-10-19(20(12-14)36-3)31-23-29-13-17(24(25,26)27)21(32-23)30-18-8-6-5-7-16(18)22(33)28-2/h5-10,12-13,15,37H,4,11H2,1-3H3,(H,28,33)(H,34,35)(H2,29,30,31,32). The quantitative estimate of drug-likeness (QED) is 0.262. The van der Waals surface area contributed by atoms with Gasteiger partial charge >= 0.3 is 6.18 Å². The van der Waals surface area contributed by atoms with Gasteiger partial charge in [0.25, 0.3) is 5.91 Å². The maximum absolute atomic E-state index is 13.7. The predicted molar refractivity (Wildman–Crippen MR) is 135 cm³/mol. The highest BCUT2D eigenvalue weighted by atomic mass is 31.1. The number of alkyl halides is 3. The molecule has 0 saturated heterocycles. The van der Waals surface area contributed by atoms with Crippen LogP contribution in [0.4, 0.5) is 36.3 Å². The summed E-state index contributed by atoms with van der Waals surface area (Å²) in [6.45, 7) is 1.83. The monoisotopic (exact) mass is 537 g/mol. The molecule has 2 unspecified atom stereocenters. The Morgan fingerprint density at radius 1 is 1.16 bits per heavy atom. The van der Waals surface area contributed by atoms with Crippen molar-refractivity contribution in [2.45, 2.75) is 31.6 Å². The van der Waals surface area contributed by atoms with Gasteiger partial charge in [-0.2, -0.15) is 18.2 Å². The molecule has 0 aliphatic rings. The number of rotatable bonds is 10. The number of aromatic nitrogens is 2. The lowest BCUT2D eigenvalue weighted by molar-refractivity contribution is -0.137. The molecule has 0 aliphatic carbocycles. The molecule has 198 valence electrons. The number of carbonyl (C=O) groups excluding carboxylic acids is 1. The molecule has 37 heavy (non-hydrogen) atoms. The van der Waals surface area contributed by atoms with Gasteiger partial charge in [-0.1, -0.05) is 25.1 Å². The Balaban J connectivity index is 1.95. The summed E-state index contributed by atoms with van der Waals surface area (Å²) in [6, 6.07) is 11.1. The van der Waals surface area contributed by atoms with Crippen molar-refractivity contribution in [1.29, 1.82) is 0 Å². The van der Waals surface area contributed by atoms with E-state index in [2.05, 4.69) is 25.9 Å². The first kappa shape index (κ1) is 27.9. The number of halogens is 3. The number of nitrogens with one attached hydrogen (secondary N) is 3. The van der Waals surface area contributed by atoms with Crippen molar-refractivity contribution in [3.8, 4) is 5.75 Å². The highest BCUT2D eigenvalue weighted by molar-refractivity contribution is 7.38. The van der Waals surface area contributed by atoms with E-state index in [0.29, 0.717) is 30.5 Å². The van der Waals surface area contributed by atoms with E-state index in [9.17, 15) is 27.4 Å². The van der Waals surface area contributed by atoms with E-state index < -0.39 is 31.5 Å². The number of para-hydroxylation sites is 1. The molecule has 4 N–H and O–H groups in total. The van der Waals surface area contributed by atoms with Gasteiger partial charge in [-0.3, -0.25) is 9.36 Å². The molecule has 0 aliphatic heterocycles. The van der Waals surface area contributed by atoms with Crippen LogP contribution in [0.3, 0.4) is 0 Å². The predicted octanol–water partition coefficient (Wildman–Crippen LogP) is 5.14. The van der Waals surface area contributed by atoms with Crippen molar-refractivity contribution in [1.82, 2.24) is 15.3 Å². The largest absolute Gasteiger partial charge is 0.495 e. The zero-order chi connectivity index (χ0) is 27.2. The van der Waals surface area contributed by atoms with Crippen molar-refractivity contribution >= 4 is 37.1 Å². The smallest absolute Gasteiger partial charge is 0.421 e. The molecular formula is C24H27F3N5O4P. The number of hydrogen-bond acceptors (Lipinski definition) is 7. The minimum absolute atomic E-state index is 0.132. The van der Waals surface area contributed by atoms with E-state index in [1.165, 1.54) is 26.3 Å². The molecule has 2 aromatic carbocycles. The summed E-state index contributed by atoms with van der Waals surface area (Å²) in [7, 11) is 0.133. The number of amides is 1. The topological polar surface area (TPSA) is 125 Å². The van der Waals surface area contributed by atoms with Gasteiger partial charge in [-0.25, -0.2) is 4.98 Å². The number of benzene rings is 2. The van der Waals surface area contributed by atoms with Crippen LogP contribution in [-0.4, -0.2) is 40.6 Å². The van der Waals surface area contributed by atoms with Crippen molar-refractivity contribution in [2.75, 3.05) is 24.8 Å². The Morgan fingerprint density at radius 3 is 2.51 bits per heavy atom. The van der Waals surface area contributed by atoms with Crippen LogP contribution in [0.25, 0.3) is 0 Å². The summed E-state index contributed by atoms with van der Waals surface area (Å²) < 4.78 is 58.1. The minimum Gasteiger partial charge on any atom is -0.495 e. The van der Waals surface area contributed by atoms with E-state index in [1.807, 2.05) is 6.92 Å². The Kier molecular flexibility index (Phi) is 9.12. The molecule has 1 amide bonds. The lowest BCUT2D eigenvalue weighted by Crippen LogP contribution is -2.20. The fourth-order valence-corrected chi connectivity index (χ4v) is 4.33. The summed E-state index contributed by atoms with van der Waals surface area (Å²) in [4.78, 5) is 29.5. The van der Waals surface area contributed by atoms with Gasteiger partial charge in [0, 0.05) is 18.9 Å². The molecule has 13 heteroatoms. The summed E-state index contributed by atoms with van der Waals surface area (Å²) in [5, 5.41) is 7.91. The molecule has 0 saturated carbocycles. The highest BCUT2D eigenvalue weighted by Gasteiger charge is 2.35. The number of carbonyl (C=O) groups is 1. The molecule has 3 rings (SSSR count). The van der Waals surface area contributed by atoms with E-state index in [1.54, 1.807) is 30.3 Å². The average Bonchev–Trinajstić information content (AvgIpc) is 2.87. The molecule has 1 heterocycles. The number of methoxy groups -OCH3 is 1. The highest BCUT2D eigenvalue weighted by Crippen LogP contribution is 2.37. The lowest BCUT2D eigenvalue weighted by atomic mass is 10.1. The fourth-order valence-electron chi connectivity index (χ4n) is 3.57. The SMILES string of the molecule is CCC(Cc1ccc(Nc2ncc(C(F)(F)F)c(Nc3ccccc3C(=O)NC)n2)c(OC)c1)[PH](=O)O. The molecule has 0 fully saturated rings. The number of hydrogen-bond donors (Lipinski definition) is 4. The van der Waals surface area contributed by atoms with Crippen molar-refractivity contribution in [2.24, 2.45) is 0 Å². The molecule has 0 radical (unpaired) electrons. The first-order valence-corrected chi connectivity index (χ1v) is 12.7. The second kappa shape index (κ2) is 12.1. The van der Waals surface area contributed by atoms with Gasteiger partial charge < -0.3 is 25.6 Å².